The number of carbonyl (C=O) groups excluding carboxylic acids is 3. The molecule has 10 nitrogen and oxygen atoms in total. The van der Waals surface area contributed by atoms with E-state index < -0.39 is 18.0 Å². The van der Waals surface area contributed by atoms with Crippen LogP contribution in [0.2, 0.25) is 0 Å². The van der Waals surface area contributed by atoms with Gasteiger partial charge in [0, 0.05) is 62.1 Å². The third-order valence-corrected chi connectivity index (χ3v) is 7.31. The highest BCUT2D eigenvalue weighted by atomic mass is 16.5. The number of amides is 4. The highest BCUT2D eigenvalue weighted by Crippen LogP contribution is 2.25. The van der Waals surface area contributed by atoms with E-state index in [2.05, 4.69) is 44.4 Å². The lowest BCUT2D eigenvalue weighted by Gasteiger charge is -2.37. The normalized spacial score (nSPS) is 17.3. The van der Waals surface area contributed by atoms with E-state index >= 15 is 0 Å². The lowest BCUT2D eigenvalue weighted by molar-refractivity contribution is -0.119. The summed E-state index contributed by atoms with van der Waals surface area (Å²) in [4.78, 5) is 40.3. The molecular weight excluding hydrogens is 532 g/mol. The lowest BCUT2D eigenvalue weighted by atomic mass is 10.1. The van der Waals surface area contributed by atoms with Crippen molar-refractivity contribution in [1.29, 1.82) is 5.41 Å². The summed E-state index contributed by atoms with van der Waals surface area (Å²) in [7, 11) is 3.40. The maximum absolute atomic E-state index is 11.5. The van der Waals surface area contributed by atoms with Crippen molar-refractivity contribution >= 4 is 29.4 Å². The third kappa shape index (κ3) is 6.36. The smallest absolute Gasteiger partial charge is 0.322 e. The molecule has 2 fully saturated rings. The van der Waals surface area contributed by atoms with E-state index in [0.717, 1.165) is 54.2 Å². The predicted molar refractivity (Wildman–Crippen MR) is 160 cm³/mol. The van der Waals surface area contributed by atoms with Gasteiger partial charge >= 0.3 is 6.03 Å². The van der Waals surface area contributed by atoms with Crippen LogP contribution in [0.1, 0.15) is 27.0 Å². The van der Waals surface area contributed by atoms with E-state index in [1.54, 1.807) is 25.1 Å². The summed E-state index contributed by atoms with van der Waals surface area (Å²) in [5, 5.41) is 13.1. The Morgan fingerprint density at radius 1 is 0.952 bits per heavy atom. The second-order valence-corrected chi connectivity index (χ2v) is 10.1. The Morgan fingerprint density at radius 3 is 2.31 bits per heavy atom. The summed E-state index contributed by atoms with van der Waals surface area (Å²) in [6.45, 7) is 4.06. The molecule has 0 saturated carbocycles. The molecule has 3 aromatic rings. The summed E-state index contributed by atoms with van der Waals surface area (Å²) in [6.07, 6.45) is 0. The summed E-state index contributed by atoms with van der Waals surface area (Å²) < 4.78 is 5.05. The molecule has 0 radical (unpaired) electrons. The molecule has 3 aromatic carbocycles. The largest absolute Gasteiger partial charge is 0.497 e. The quantitative estimate of drug-likeness (QED) is 0.195. The van der Waals surface area contributed by atoms with Crippen molar-refractivity contribution in [3.8, 4) is 17.6 Å². The molecule has 0 spiro atoms. The van der Waals surface area contributed by atoms with Crippen LogP contribution < -0.4 is 20.3 Å². The Balaban J connectivity index is 0.000000226. The SMILES string of the molecule is COc1ccc2c(c1)C(=O)N(C)C2.N=C(c1ccc(C#C[C@@H]2NC(=O)NC2=O)cc1)N1CCN(c2ccccc2)CC1. The zero-order valence-corrected chi connectivity index (χ0v) is 23.5. The first kappa shape index (κ1) is 28.2. The van der Waals surface area contributed by atoms with Gasteiger partial charge in [0.15, 0.2) is 6.04 Å². The fourth-order valence-corrected chi connectivity index (χ4v) is 4.95. The number of hydrogen-bond donors (Lipinski definition) is 3. The second kappa shape index (κ2) is 12.5. The number of nitrogens with zero attached hydrogens (tertiary/aromatic N) is 3. The van der Waals surface area contributed by atoms with Gasteiger partial charge in [0.25, 0.3) is 11.8 Å². The molecule has 2 saturated heterocycles. The zero-order chi connectivity index (χ0) is 29.6. The van der Waals surface area contributed by atoms with Gasteiger partial charge in [-0.2, -0.15) is 0 Å². The minimum atomic E-state index is -0.818. The lowest BCUT2D eigenvalue weighted by Crippen LogP contribution is -2.48. The van der Waals surface area contributed by atoms with Crippen LogP contribution in [0.15, 0.2) is 72.8 Å². The number of methoxy groups -OCH3 is 1. The topological polar surface area (TPSA) is 118 Å². The maximum atomic E-state index is 11.5. The molecule has 0 bridgehead atoms. The van der Waals surface area contributed by atoms with Gasteiger partial charge in [-0.3, -0.25) is 20.3 Å². The molecule has 3 aliphatic heterocycles. The number of piperazine rings is 1. The highest BCUT2D eigenvalue weighted by Gasteiger charge is 2.27. The van der Waals surface area contributed by atoms with Gasteiger partial charge in [-0.1, -0.05) is 48.2 Å². The van der Waals surface area contributed by atoms with Gasteiger partial charge in [0.2, 0.25) is 0 Å². The number of para-hydroxylation sites is 1. The number of nitrogens with one attached hydrogen (secondary N) is 3. The van der Waals surface area contributed by atoms with Crippen molar-refractivity contribution in [3.63, 3.8) is 0 Å². The van der Waals surface area contributed by atoms with E-state index in [0.29, 0.717) is 12.4 Å². The van der Waals surface area contributed by atoms with Crippen LogP contribution in [0.3, 0.4) is 0 Å². The zero-order valence-electron chi connectivity index (χ0n) is 23.5. The van der Waals surface area contributed by atoms with Crippen LogP contribution in [-0.4, -0.2) is 79.9 Å². The van der Waals surface area contributed by atoms with Crippen LogP contribution >= 0.6 is 0 Å². The van der Waals surface area contributed by atoms with Gasteiger partial charge < -0.3 is 24.8 Å². The van der Waals surface area contributed by atoms with Crippen LogP contribution in [-0.2, 0) is 11.3 Å². The molecule has 4 amide bonds. The number of anilines is 1. The maximum Gasteiger partial charge on any atom is 0.322 e. The van der Waals surface area contributed by atoms with Gasteiger partial charge in [-0.25, -0.2) is 4.79 Å². The Hall–Kier alpha value is -5.30. The Morgan fingerprint density at radius 2 is 1.67 bits per heavy atom. The van der Waals surface area contributed by atoms with Crippen molar-refractivity contribution in [2.24, 2.45) is 0 Å². The molecule has 3 N–H and O–H groups in total. The van der Waals surface area contributed by atoms with E-state index in [1.165, 1.54) is 5.69 Å². The molecule has 0 unspecified atom stereocenters. The van der Waals surface area contributed by atoms with E-state index in [9.17, 15) is 14.4 Å². The van der Waals surface area contributed by atoms with Crippen molar-refractivity contribution in [2.45, 2.75) is 12.6 Å². The van der Waals surface area contributed by atoms with Crippen molar-refractivity contribution in [2.75, 3.05) is 45.2 Å². The molecule has 1 atom stereocenters. The first-order chi connectivity index (χ1) is 20.3. The fraction of sp³-hybridized carbons (Fsp3) is 0.250. The van der Waals surface area contributed by atoms with Gasteiger partial charge in [0.1, 0.15) is 11.6 Å². The van der Waals surface area contributed by atoms with Crippen LogP contribution in [0, 0.1) is 17.3 Å². The number of ether oxygens (including phenoxy) is 1. The number of fused-ring (bicyclic) bond motifs is 1. The minimum absolute atomic E-state index is 0.0777. The number of amidine groups is 1. The first-order valence-corrected chi connectivity index (χ1v) is 13.6. The monoisotopic (exact) mass is 564 g/mol. The van der Waals surface area contributed by atoms with Crippen LogP contribution in [0.5, 0.6) is 5.75 Å². The Labute approximate surface area is 244 Å². The van der Waals surface area contributed by atoms with E-state index in [-0.39, 0.29) is 5.91 Å². The number of rotatable bonds is 3. The van der Waals surface area contributed by atoms with E-state index in [4.69, 9.17) is 10.1 Å². The summed E-state index contributed by atoms with van der Waals surface area (Å²) >= 11 is 0. The molecule has 3 aliphatic rings. The number of benzene rings is 3. The number of imide groups is 1. The van der Waals surface area contributed by atoms with Crippen LogP contribution in [0.25, 0.3) is 0 Å². The summed E-state index contributed by atoms with van der Waals surface area (Å²) in [5.41, 5.74) is 4.61. The van der Waals surface area contributed by atoms with Gasteiger partial charge in [0.05, 0.1) is 7.11 Å². The Bertz CT molecular complexity index is 1550. The average molecular weight is 565 g/mol. The number of urea groups is 1. The molecule has 6 rings (SSSR count). The van der Waals surface area contributed by atoms with Gasteiger partial charge in [-0.15, -0.1) is 0 Å². The first-order valence-electron chi connectivity index (χ1n) is 13.6. The van der Waals surface area contributed by atoms with Gasteiger partial charge in [-0.05, 0) is 42.0 Å². The number of hydrogen-bond acceptors (Lipinski definition) is 6. The fourth-order valence-electron chi connectivity index (χ4n) is 4.95. The predicted octanol–water partition coefficient (Wildman–Crippen LogP) is 2.67. The second-order valence-electron chi connectivity index (χ2n) is 10.1. The third-order valence-electron chi connectivity index (χ3n) is 7.31. The van der Waals surface area contributed by atoms with Crippen molar-refractivity contribution in [1.82, 2.24) is 20.4 Å². The highest BCUT2D eigenvalue weighted by molar-refractivity contribution is 6.06. The van der Waals surface area contributed by atoms with E-state index in [1.807, 2.05) is 54.6 Å². The summed E-state index contributed by atoms with van der Waals surface area (Å²) in [6, 6.07) is 22.0. The molecular formula is C32H32N6O4. The van der Waals surface area contributed by atoms with Crippen LogP contribution in [0.4, 0.5) is 10.5 Å². The molecule has 214 valence electrons. The summed E-state index contributed by atoms with van der Waals surface area (Å²) in [5.74, 6) is 6.52. The Kier molecular flexibility index (Phi) is 8.39. The molecule has 10 heteroatoms. The molecule has 0 aromatic heterocycles. The number of carbonyl (C=O) groups is 3. The standard InChI is InChI=1S/C22H21N5O2.C10H11NO2/c23-20(27-14-12-26(13-15-27)18-4-2-1-3-5-18)17-9-6-16(7-10-17)8-11-19-21(28)25-22(29)24-19;1-11-6-7-3-4-8(13-2)5-9(7)10(11)12/h1-7,9-10,19,23H,12-15H2,(H2,24,25,28,29);3-5H,6H2,1-2H3/t19-;/m0./s1. The van der Waals surface area contributed by atoms with Crippen molar-refractivity contribution < 1.29 is 19.1 Å². The minimum Gasteiger partial charge on any atom is -0.497 e. The molecule has 0 aliphatic carbocycles. The molecule has 42 heavy (non-hydrogen) atoms. The van der Waals surface area contributed by atoms with Crippen molar-refractivity contribution in [3.05, 3.63) is 95.1 Å². The average Bonchev–Trinajstić information content (AvgIpc) is 3.51. The molecule has 3 heterocycles.